The molecule has 1 atom stereocenters. The topological polar surface area (TPSA) is 44.8 Å². The van der Waals surface area contributed by atoms with Gasteiger partial charge in [-0.2, -0.15) is 0 Å². The van der Waals surface area contributed by atoms with Gasteiger partial charge >= 0.3 is 8.80 Å². The van der Waals surface area contributed by atoms with Gasteiger partial charge in [0.15, 0.2) is 0 Å². The molecular weight excluding hydrogens is 212 g/mol. The average molecular weight is 234 g/mol. The molecule has 0 bridgehead atoms. The molecule has 0 fully saturated rings. The normalized spacial score (nSPS) is 13.9. The van der Waals surface area contributed by atoms with Gasteiger partial charge in [-0.05, 0) is 27.2 Å². The number of hydrogen-bond acceptors (Lipinski definition) is 4. The van der Waals surface area contributed by atoms with Gasteiger partial charge in [0, 0.05) is 19.8 Å². The van der Waals surface area contributed by atoms with Crippen LogP contribution in [0.15, 0.2) is 0 Å². The smallest absolute Gasteiger partial charge is 0.373 e. The van der Waals surface area contributed by atoms with E-state index < -0.39 is 8.80 Å². The van der Waals surface area contributed by atoms with Crippen molar-refractivity contribution in [2.75, 3.05) is 19.8 Å². The summed E-state index contributed by atoms with van der Waals surface area (Å²) in [5.41, 5.74) is -0.252. The van der Waals surface area contributed by atoms with Crippen molar-refractivity contribution in [2.45, 2.75) is 39.7 Å². The van der Waals surface area contributed by atoms with E-state index in [4.69, 9.17) is 13.3 Å². The van der Waals surface area contributed by atoms with Crippen LogP contribution in [0.4, 0.5) is 0 Å². The molecule has 90 valence electrons. The monoisotopic (exact) mass is 234 g/mol. The fraction of sp³-hybridized carbons (Fsp3) is 0.900. The van der Waals surface area contributed by atoms with Crippen LogP contribution in [-0.4, -0.2) is 34.9 Å². The van der Waals surface area contributed by atoms with E-state index in [0.717, 1.165) is 6.29 Å². The maximum Gasteiger partial charge on any atom is 0.511 e. The van der Waals surface area contributed by atoms with Crippen LogP contribution >= 0.6 is 0 Å². The highest BCUT2D eigenvalue weighted by Crippen LogP contribution is 2.27. The Balaban J connectivity index is 4.79. The molecule has 0 heterocycles. The SMILES string of the molecule is CCO[Si](OCC)(OCC)C(C=O)CC. The Morgan fingerprint density at radius 1 is 1.00 bits per heavy atom. The summed E-state index contributed by atoms with van der Waals surface area (Å²) in [4.78, 5) is 11.0. The van der Waals surface area contributed by atoms with Crippen LogP contribution < -0.4 is 0 Å². The van der Waals surface area contributed by atoms with Gasteiger partial charge in [0.2, 0.25) is 0 Å². The Hall–Kier alpha value is -0.233. The molecule has 0 saturated carbocycles. The molecule has 0 radical (unpaired) electrons. The van der Waals surface area contributed by atoms with Crippen molar-refractivity contribution < 1.29 is 18.1 Å². The van der Waals surface area contributed by atoms with Gasteiger partial charge in [-0.25, -0.2) is 0 Å². The average Bonchev–Trinajstić information content (AvgIpc) is 2.20. The molecule has 0 aromatic rings. The molecule has 1 unspecified atom stereocenters. The quantitative estimate of drug-likeness (QED) is 0.452. The lowest BCUT2D eigenvalue weighted by Gasteiger charge is -2.31. The molecule has 0 spiro atoms. The van der Waals surface area contributed by atoms with Crippen molar-refractivity contribution in [3.63, 3.8) is 0 Å². The third-order valence-corrected chi connectivity index (χ3v) is 5.62. The Morgan fingerprint density at radius 2 is 1.40 bits per heavy atom. The lowest BCUT2D eigenvalue weighted by atomic mass is 10.4. The fourth-order valence-corrected chi connectivity index (χ4v) is 4.25. The Morgan fingerprint density at radius 3 is 1.60 bits per heavy atom. The number of hydrogen-bond donors (Lipinski definition) is 0. The second-order valence-electron chi connectivity index (χ2n) is 3.05. The summed E-state index contributed by atoms with van der Waals surface area (Å²) in [6, 6.07) is 0. The van der Waals surface area contributed by atoms with E-state index >= 15 is 0 Å². The van der Waals surface area contributed by atoms with E-state index in [1.54, 1.807) is 0 Å². The molecule has 0 aliphatic carbocycles. The molecule has 0 N–H and O–H groups in total. The van der Waals surface area contributed by atoms with Gasteiger partial charge in [0.1, 0.15) is 6.29 Å². The summed E-state index contributed by atoms with van der Waals surface area (Å²) in [6.07, 6.45) is 1.59. The molecule has 5 heteroatoms. The first kappa shape index (κ1) is 14.8. The van der Waals surface area contributed by atoms with Gasteiger partial charge in [0.05, 0.1) is 5.54 Å². The predicted octanol–water partition coefficient (Wildman–Crippen LogP) is 2.01. The molecule has 0 aromatic heterocycles. The number of carbonyl (C=O) groups excluding carboxylic acids is 1. The van der Waals surface area contributed by atoms with Crippen molar-refractivity contribution in [3.05, 3.63) is 0 Å². The van der Waals surface area contributed by atoms with E-state index in [9.17, 15) is 4.79 Å². The van der Waals surface area contributed by atoms with Crippen LogP contribution in [0.5, 0.6) is 0 Å². The number of rotatable bonds is 9. The van der Waals surface area contributed by atoms with Crippen molar-refractivity contribution >= 4 is 15.1 Å². The van der Waals surface area contributed by atoms with Crippen LogP contribution in [-0.2, 0) is 18.1 Å². The molecule has 15 heavy (non-hydrogen) atoms. The molecule has 0 saturated heterocycles. The van der Waals surface area contributed by atoms with Crippen molar-refractivity contribution in [1.82, 2.24) is 0 Å². The molecule has 4 nitrogen and oxygen atoms in total. The molecule has 0 amide bonds. The van der Waals surface area contributed by atoms with Gasteiger partial charge in [-0.3, -0.25) is 0 Å². The van der Waals surface area contributed by atoms with Crippen LogP contribution in [0.25, 0.3) is 0 Å². The first-order valence-electron chi connectivity index (χ1n) is 5.57. The zero-order valence-corrected chi connectivity index (χ0v) is 11.1. The summed E-state index contributed by atoms with van der Waals surface area (Å²) >= 11 is 0. The highest BCUT2D eigenvalue weighted by atomic mass is 28.4. The van der Waals surface area contributed by atoms with E-state index in [1.807, 2.05) is 27.7 Å². The predicted molar refractivity (Wildman–Crippen MR) is 60.7 cm³/mol. The molecule has 0 aliphatic rings. The third-order valence-electron chi connectivity index (χ3n) is 2.09. The van der Waals surface area contributed by atoms with Gasteiger partial charge < -0.3 is 18.1 Å². The van der Waals surface area contributed by atoms with Crippen LogP contribution in [0.2, 0.25) is 5.54 Å². The zero-order chi connectivity index (χ0) is 11.7. The second kappa shape index (κ2) is 7.98. The van der Waals surface area contributed by atoms with E-state index in [-0.39, 0.29) is 5.54 Å². The van der Waals surface area contributed by atoms with Crippen LogP contribution in [0.3, 0.4) is 0 Å². The Labute approximate surface area is 93.3 Å². The van der Waals surface area contributed by atoms with Crippen molar-refractivity contribution in [3.8, 4) is 0 Å². The summed E-state index contributed by atoms with van der Waals surface area (Å²) in [6.45, 7) is 9.13. The van der Waals surface area contributed by atoms with Gasteiger partial charge in [0.25, 0.3) is 0 Å². The van der Waals surface area contributed by atoms with Gasteiger partial charge in [-0.15, -0.1) is 0 Å². The summed E-state index contributed by atoms with van der Waals surface area (Å²) in [5.74, 6) is 0. The zero-order valence-electron chi connectivity index (χ0n) is 10.1. The highest BCUT2D eigenvalue weighted by Gasteiger charge is 2.48. The van der Waals surface area contributed by atoms with Gasteiger partial charge in [-0.1, -0.05) is 6.92 Å². The molecule has 0 rings (SSSR count). The number of aldehydes is 1. The summed E-state index contributed by atoms with van der Waals surface area (Å²) in [7, 11) is -2.79. The van der Waals surface area contributed by atoms with Crippen molar-refractivity contribution in [2.24, 2.45) is 0 Å². The van der Waals surface area contributed by atoms with Crippen LogP contribution in [0, 0.1) is 0 Å². The third kappa shape index (κ3) is 4.02. The largest absolute Gasteiger partial charge is 0.511 e. The minimum absolute atomic E-state index is 0.252. The fourth-order valence-electron chi connectivity index (χ4n) is 1.48. The minimum Gasteiger partial charge on any atom is -0.373 e. The van der Waals surface area contributed by atoms with E-state index in [2.05, 4.69) is 0 Å². The van der Waals surface area contributed by atoms with Crippen molar-refractivity contribution in [1.29, 1.82) is 0 Å². The molecule has 0 aromatic carbocycles. The lowest BCUT2D eigenvalue weighted by Crippen LogP contribution is -2.50. The van der Waals surface area contributed by atoms with Crippen LogP contribution in [0.1, 0.15) is 34.1 Å². The minimum atomic E-state index is -2.79. The Bertz CT molecular complexity index is 158. The first-order chi connectivity index (χ1) is 7.20. The highest BCUT2D eigenvalue weighted by molar-refractivity contribution is 6.65. The lowest BCUT2D eigenvalue weighted by molar-refractivity contribution is -0.109. The van der Waals surface area contributed by atoms with E-state index in [1.165, 1.54) is 0 Å². The summed E-state index contributed by atoms with van der Waals surface area (Å²) < 4.78 is 16.9. The maximum atomic E-state index is 11.0. The molecular formula is C10H22O4Si. The molecule has 0 aliphatic heterocycles. The standard InChI is InChI=1S/C10H22O4Si/c1-5-10(9-11)15(12-6-2,13-7-3)14-8-4/h9-10H,5-8H2,1-4H3. The second-order valence-corrected chi connectivity index (χ2v) is 5.87. The Kier molecular flexibility index (Phi) is 7.86. The van der Waals surface area contributed by atoms with E-state index in [0.29, 0.717) is 26.2 Å². The first-order valence-corrected chi connectivity index (χ1v) is 7.37. The maximum absolute atomic E-state index is 11.0. The number of carbonyl (C=O) groups is 1. The summed E-state index contributed by atoms with van der Waals surface area (Å²) in [5, 5.41) is 0.